The van der Waals surface area contributed by atoms with E-state index in [1.165, 1.54) is 5.56 Å². The molecule has 7 heteroatoms. The van der Waals surface area contributed by atoms with E-state index in [2.05, 4.69) is 50.9 Å². The van der Waals surface area contributed by atoms with Gasteiger partial charge < -0.3 is 15.5 Å². The third-order valence-corrected chi connectivity index (χ3v) is 4.53. The molecule has 3 rings (SSSR count). The van der Waals surface area contributed by atoms with Crippen LogP contribution in [0.15, 0.2) is 48.7 Å². The molecule has 7 nitrogen and oxygen atoms in total. The Bertz CT molecular complexity index is 781. The number of amides is 2. The fraction of sp³-hybridized carbons (Fsp3) is 0.350. The maximum atomic E-state index is 12.3. The fourth-order valence-electron chi connectivity index (χ4n) is 3.05. The highest BCUT2D eigenvalue weighted by molar-refractivity contribution is 5.74. The van der Waals surface area contributed by atoms with Gasteiger partial charge in [0.25, 0.3) is 0 Å². The van der Waals surface area contributed by atoms with Gasteiger partial charge in [0.05, 0.1) is 5.56 Å². The van der Waals surface area contributed by atoms with Gasteiger partial charge in [0.15, 0.2) is 0 Å². The molecule has 0 spiro atoms. The van der Waals surface area contributed by atoms with Crippen molar-refractivity contribution < 1.29 is 4.79 Å². The Kier molecular flexibility index (Phi) is 6.61. The number of aromatic nitrogens is 1. The number of hydrogen-bond acceptors (Lipinski definition) is 5. The third-order valence-electron chi connectivity index (χ3n) is 4.53. The smallest absolute Gasteiger partial charge is 0.317 e. The number of hydrogen-bond donors (Lipinski definition) is 2. The Morgan fingerprint density at radius 1 is 1.07 bits per heavy atom. The number of rotatable bonds is 6. The Balaban J connectivity index is 1.35. The molecule has 140 valence electrons. The number of nitriles is 1. The van der Waals surface area contributed by atoms with Crippen LogP contribution in [-0.4, -0.2) is 60.1 Å². The van der Waals surface area contributed by atoms with Crippen molar-refractivity contribution >= 4 is 11.8 Å². The molecule has 1 aromatic carbocycles. The molecule has 2 amide bonds. The topological polar surface area (TPSA) is 84.3 Å². The average molecular weight is 364 g/mol. The second-order valence-corrected chi connectivity index (χ2v) is 6.42. The minimum Gasteiger partial charge on any atom is -0.367 e. The number of nitrogens with one attached hydrogen (secondary N) is 2. The molecule has 0 unspecified atom stereocenters. The van der Waals surface area contributed by atoms with E-state index in [-0.39, 0.29) is 6.03 Å². The van der Waals surface area contributed by atoms with Crippen LogP contribution in [0.3, 0.4) is 0 Å². The molecular weight excluding hydrogens is 340 g/mol. The van der Waals surface area contributed by atoms with E-state index in [1.807, 2.05) is 11.0 Å². The number of carbonyl (C=O) groups excluding carboxylic acids is 1. The Hall–Kier alpha value is -3.11. The molecule has 0 bridgehead atoms. The number of urea groups is 1. The van der Waals surface area contributed by atoms with Crippen molar-refractivity contribution in [2.24, 2.45) is 0 Å². The number of nitrogens with zero attached hydrogens (tertiary/aromatic N) is 4. The number of anilines is 1. The van der Waals surface area contributed by atoms with Crippen molar-refractivity contribution in [2.45, 2.75) is 6.54 Å². The van der Waals surface area contributed by atoms with Crippen molar-refractivity contribution in [3.63, 3.8) is 0 Å². The summed E-state index contributed by atoms with van der Waals surface area (Å²) in [6, 6.07) is 15.9. The summed E-state index contributed by atoms with van der Waals surface area (Å²) in [6.45, 7) is 5.12. The standard InChI is InChI=1S/C20H24N6O/c21-15-18-7-4-8-22-19(18)23-9-10-24-20(27)26-13-11-25(12-14-26)16-17-5-2-1-3-6-17/h1-8H,9-14,16H2,(H,22,23)(H,24,27). The molecule has 1 aliphatic rings. The molecule has 2 heterocycles. The summed E-state index contributed by atoms with van der Waals surface area (Å²) in [6.07, 6.45) is 1.64. The fourth-order valence-corrected chi connectivity index (χ4v) is 3.05. The summed E-state index contributed by atoms with van der Waals surface area (Å²) >= 11 is 0. The van der Waals surface area contributed by atoms with E-state index >= 15 is 0 Å². The second-order valence-electron chi connectivity index (χ2n) is 6.42. The van der Waals surface area contributed by atoms with Gasteiger partial charge in [-0.2, -0.15) is 5.26 Å². The number of benzene rings is 1. The van der Waals surface area contributed by atoms with Crippen LogP contribution in [0.5, 0.6) is 0 Å². The summed E-state index contributed by atoms with van der Waals surface area (Å²) in [7, 11) is 0. The lowest BCUT2D eigenvalue weighted by Crippen LogP contribution is -2.51. The first-order chi connectivity index (χ1) is 13.3. The van der Waals surface area contributed by atoms with E-state index < -0.39 is 0 Å². The Morgan fingerprint density at radius 3 is 2.59 bits per heavy atom. The molecule has 1 aromatic heterocycles. The molecule has 1 saturated heterocycles. The van der Waals surface area contributed by atoms with Crippen LogP contribution in [0.1, 0.15) is 11.1 Å². The molecule has 27 heavy (non-hydrogen) atoms. The quantitative estimate of drug-likeness (QED) is 0.765. The van der Waals surface area contributed by atoms with Gasteiger partial charge in [-0.05, 0) is 17.7 Å². The monoisotopic (exact) mass is 364 g/mol. The summed E-state index contributed by atoms with van der Waals surface area (Å²) in [4.78, 5) is 20.7. The van der Waals surface area contributed by atoms with E-state index in [1.54, 1.807) is 18.3 Å². The normalized spacial score (nSPS) is 14.4. The lowest BCUT2D eigenvalue weighted by atomic mass is 10.2. The average Bonchev–Trinajstić information content (AvgIpc) is 2.72. The summed E-state index contributed by atoms with van der Waals surface area (Å²) in [5, 5.41) is 15.0. The molecule has 0 aliphatic carbocycles. The molecule has 0 atom stereocenters. The maximum Gasteiger partial charge on any atom is 0.317 e. The predicted molar refractivity (Wildman–Crippen MR) is 104 cm³/mol. The zero-order chi connectivity index (χ0) is 18.9. The summed E-state index contributed by atoms with van der Waals surface area (Å²) in [5.74, 6) is 0.545. The molecule has 2 N–H and O–H groups in total. The van der Waals surface area contributed by atoms with E-state index in [0.29, 0.717) is 24.5 Å². The highest BCUT2D eigenvalue weighted by Gasteiger charge is 2.20. The van der Waals surface area contributed by atoms with Gasteiger partial charge in [-0.15, -0.1) is 0 Å². The van der Waals surface area contributed by atoms with Crippen LogP contribution in [0, 0.1) is 11.3 Å². The molecule has 0 saturated carbocycles. The Morgan fingerprint density at radius 2 is 1.85 bits per heavy atom. The van der Waals surface area contributed by atoms with Gasteiger partial charge >= 0.3 is 6.03 Å². The van der Waals surface area contributed by atoms with Gasteiger partial charge in [0.1, 0.15) is 11.9 Å². The van der Waals surface area contributed by atoms with Crippen LogP contribution in [0.4, 0.5) is 10.6 Å². The van der Waals surface area contributed by atoms with E-state index in [4.69, 9.17) is 5.26 Å². The molecule has 1 fully saturated rings. The van der Waals surface area contributed by atoms with Crippen LogP contribution in [0.2, 0.25) is 0 Å². The first-order valence-electron chi connectivity index (χ1n) is 9.14. The highest BCUT2D eigenvalue weighted by atomic mass is 16.2. The second kappa shape index (κ2) is 9.55. The van der Waals surface area contributed by atoms with Crippen LogP contribution >= 0.6 is 0 Å². The lowest BCUT2D eigenvalue weighted by molar-refractivity contribution is 0.135. The Labute approximate surface area is 159 Å². The maximum absolute atomic E-state index is 12.3. The van der Waals surface area contributed by atoms with E-state index in [9.17, 15) is 4.79 Å². The zero-order valence-electron chi connectivity index (χ0n) is 15.3. The van der Waals surface area contributed by atoms with Gasteiger partial charge in [0, 0.05) is 52.0 Å². The summed E-state index contributed by atoms with van der Waals surface area (Å²) < 4.78 is 0. The first kappa shape index (κ1) is 18.7. The SMILES string of the molecule is N#Cc1cccnc1NCCNC(=O)N1CCN(Cc2ccccc2)CC1. The van der Waals surface area contributed by atoms with Crippen molar-refractivity contribution in [1.82, 2.24) is 20.1 Å². The van der Waals surface area contributed by atoms with Gasteiger partial charge in [-0.3, -0.25) is 4.90 Å². The molecule has 2 aromatic rings. The minimum absolute atomic E-state index is 0.0438. The number of pyridine rings is 1. The van der Waals surface area contributed by atoms with E-state index in [0.717, 1.165) is 32.7 Å². The van der Waals surface area contributed by atoms with Crippen molar-refractivity contribution in [2.75, 3.05) is 44.6 Å². The van der Waals surface area contributed by atoms with Crippen molar-refractivity contribution in [1.29, 1.82) is 5.26 Å². The highest BCUT2D eigenvalue weighted by Crippen LogP contribution is 2.09. The van der Waals surface area contributed by atoms with Crippen LogP contribution in [0.25, 0.3) is 0 Å². The van der Waals surface area contributed by atoms with Crippen LogP contribution < -0.4 is 10.6 Å². The molecule has 1 aliphatic heterocycles. The lowest BCUT2D eigenvalue weighted by Gasteiger charge is -2.34. The van der Waals surface area contributed by atoms with Gasteiger partial charge in [0.2, 0.25) is 0 Å². The van der Waals surface area contributed by atoms with Crippen molar-refractivity contribution in [3.8, 4) is 6.07 Å². The number of piperazine rings is 1. The van der Waals surface area contributed by atoms with Crippen LogP contribution in [-0.2, 0) is 6.54 Å². The molecular formula is C20H24N6O. The van der Waals surface area contributed by atoms with Gasteiger partial charge in [-0.1, -0.05) is 30.3 Å². The van der Waals surface area contributed by atoms with Gasteiger partial charge in [-0.25, -0.2) is 9.78 Å². The first-order valence-corrected chi connectivity index (χ1v) is 9.14. The van der Waals surface area contributed by atoms with Crippen molar-refractivity contribution in [3.05, 3.63) is 59.8 Å². The summed E-state index contributed by atoms with van der Waals surface area (Å²) in [5.41, 5.74) is 1.80. The predicted octanol–water partition coefficient (Wildman–Crippen LogP) is 1.89. The zero-order valence-corrected chi connectivity index (χ0v) is 15.3. The minimum atomic E-state index is -0.0438. The third kappa shape index (κ3) is 5.43. The number of carbonyl (C=O) groups is 1. The molecule has 0 radical (unpaired) electrons. The largest absolute Gasteiger partial charge is 0.367 e.